The second-order valence-electron chi connectivity index (χ2n) is 6.52. The number of hydrogen-bond donors (Lipinski definition) is 2. The van der Waals surface area contributed by atoms with E-state index >= 15 is 0 Å². The molecule has 118 valence electrons. The van der Waals surface area contributed by atoms with Gasteiger partial charge in [-0.15, -0.1) is 12.4 Å². The Morgan fingerprint density at radius 1 is 1.30 bits per heavy atom. The van der Waals surface area contributed by atoms with Crippen molar-refractivity contribution >= 4 is 18.3 Å². The number of rotatable bonds is 5. The number of hydrogen-bond acceptors (Lipinski definition) is 3. The van der Waals surface area contributed by atoms with Gasteiger partial charge in [-0.1, -0.05) is 19.3 Å². The maximum atomic E-state index is 12.0. The van der Waals surface area contributed by atoms with Crippen molar-refractivity contribution in [3.63, 3.8) is 0 Å². The summed E-state index contributed by atoms with van der Waals surface area (Å²) in [5.74, 6) is 0.780. The van der Waals surface area contributed by atoms with Gasteiger partial charge >= 0.3 is 0 Å². The van der Waals surface area contributed by atoms with Gasteiger partial charge in [0.05, 0.1) is 0 Å². The van der Waals surface area contributed by atoms with Gasteiger partial charge in [0, 0.05) is 18.5 Å². The van der Waals surface area contributed by atoms with Crippen LogP contribution in [0.1, 0.15) is 44.9 Å². The van der Waals surface area contributed by atoms with Crippen molar-refractivity contribution in [2.24, 2.45) is 5.92 Å². The highest BCUT2D eigenvalue weighted by Gasteiger charge is 2.34. The second kappa shape index (κ2) is 8.20. The van der Waals surface area contributed by atoms with Gasteiger partial charge in [-0.05, 0) is 52.4 Å². The molecule has 2 N–H and O–H groups in total. The van der Waals surface area contributed by atoms with Crippen LogP contribution in [0.25, 0.3) is 0 Å². The summed E-state index contributed by atoms with van der Waals surface area (Å²) in [6, 6.07) is 0. The van der Waals surface area contributed by atoms with Crippen molar-refractivity contribution in [2.45, 2.75) is 50.5 Å². The van der Waals surface area contributed by atoms with Crippen molar-refractivity contribution in [2.75, 3.05) is 33.7 Å². The van der Waals surface area contributed by atoms with Crippen LogP contribution in [0, 0.1) is 5.92 Å². The highest BCUT2D eigenvalue weighted by atomic mass is 35.5. The van der Waals surface area contributed by atoms with Crippen molar-refractivity contribution in [1.29, 1.82) is 0 Å². The predicted molar refractivity (Wildman–Crippen MR) is 85.4 cm³/mol. The van der Waals surface area contributed by atoms with Crippen LogP contribution in [-0.2, 0) is 4.79 Å². The molecule has 1 amide bonds. The van der Waals surface area contributed by atoms with Gasteiger partial charge in [-0.2, -0.15) is 0 Å². The van der Waals surface area contributed by atoms with Gasteiger partial charge in [-0.25, -0.2) is 0 Å². The summed E-state index contributed by atoms with van der Waals surface area (Å²) in [5.41, 5.74) is 0.196. The molecule has 1 heterocycles. The van der Waals surface area contributed by atoms with Crippen LogP contribution >= 0.6 is 12.4 Å². The third-order valence-electron chi connectivity index (χ3n) is 4.98. The van der Waals surface area contributed by atoms with Crippen molar-refractivity contribution in [3.8, 4) is 0 Å². The van der Waals surface area contributed by atoms with E-state index in [4.69, 9.17) is 0 Å². The van der Waals surface area contributed by atoms with Crippen molar-refractivity contribution in [1.82, 2.24) is 15.5 Å². The summed E-state index contributed by atoms with van der Waals surface area (Å²) in [7, 11) is 4.30. The molecule has 0 bridgehead atoms. The fraction of sp³-hybridized carbons (Fsp3) is 0.933. The van der Waals surface area contributed by atoms with Gasteiger partial charge < -0.3 is 15.5 Å². The fourth-order valence-electron chi connectivity index (χ4n) is 3.48. The van der Waals surface area contributed by atoms with E-state index in [-0.39, 0.29) is 23.9 Å². The summed E-state index contributed by atoms with van der Waals surface area (Å²) in [6.45, 7) is 2.89. The van der Waals surface area contributed by atoms with E-state index in [1.807, 2.05) is 0 Å². The topological polar surface area (TPSA) is 44.4 Å². The first-order chi connectivity index (χ1) is 9.12. The number of amides is 1. The number of nitrogens with zero attached hydrogens (tertiary/aromatic N) is 1. The minimum atomic E-state index is 0. The van der Waals surface area contributed by atoms with Gasteiger partial charge in [0.1, 0.15) is 0 Å². The molecule has 2 fully saturated rings. The normalized spacial score (nSPS) is 25.2. The Balaban J connectivity index is 0.00000200. The third-order valence-corrected chi connectivity index (χ3v) is 4.98. The zero-order chi connectivity index (χ0) is 13.7. The average molecular weight is 304 g/mol. The Labute approximate surface area is 129 Å². The molecule has 0 spiro atoms. The summed E-state index contributed by atoms with van der Waals surface area (Å²) in [6.07, 6.45) is 8.19. The summed E-state index contributed by atoms with van der Waals surface area (Å²) >= 11 is 0. The first kappa shape index (κ1) is 17.7. The molecular formula is C15H30ClN3O. The highest BCUT2D eigenvalue weighted by Crippen LogP contribution is 2.31. The monoisotopic (exact) mass is 303 g/mol. The van der Waals surface area contributed by atoms with Gasteiger partial charge in [0.2, 0.25) is 5.91 Å². The molecular weight excluding hydrogens is 274 g/mol. The van der Waals surface area contributed by atoms with Crippen LogP contribution in [0.4, 0.5) is 0 Å². The smallest absolute Gasteiger partial charge is 0.220 e. The highest BCUT2D eigenvalue weighted by molar-refractivity contribution is 5.85. The molecule has 20 heavy (non-hydrogen) atoms. The number of halogens is 1. The standard InChI is InChI=1S/C15H29N3O.ClH/c1-18(2)15(7-4-3-5-8-15)12-17-14(19)10-13-6-9-16-11-13;/h13,16H,3-12H2,1-2H3,(H,17,19);1H. The van der Waals surface area contributed by atoms with Crippen LogP contribution < -0.4 is 10.6 Å². The molecule has 1 aliphatic heterocycles. The van der Waals surface area contributed by atoms with Crippen molar-refractivity contribution < 1.29 is 4.79 Å². The van der Waals surface area contributed by atoms with E-state index in [9.17, 15) is 4.79 Å². The lowest BCUT2D eigenvalue weighted by atomic mass is 9.80. The van der Waals surface area contributed by atoms with Crippen LogP contribution in [0.15, 0.2) is 0 Å². The van der Waals surface area contributed by atoms with Crippen LogP contribution in [0.5, 0.6) is 0 Å². The van der Waals surface area contributed by atoms with Gasteiger partial charge in [0.15, 0.2) is 0 Å². The van der Waals surface area contributed by atoms with E-state index in [1.165, 1.54) is 32.1 Å². The van der Waals surface area contributed by atoms with Crippen LogP contribution in [0.2, 0.25) is 0 Å². The SMILES string of the molecule is CN(C)C1(CNC(=O)CC2CCNC2)CCCCC1.Cl. The zero-order valence-corrected chi connectivity index (χ0v) is 13.7. The summed E-state index contributed by atoms with van der Waals surface area (Å²) in [5, 5.41) is 6.51. The Hall–Kier alpha value is -0.320. The Morgan fingerprint density at radius 3 is 2.55 bits per heavy atom. The maximum Gasteiger partial charge on any atom is 0.220 e. The van der Waals surface area contributed by atoms with E-state index < -0.39 is 0 Å². The molecule has 1 aliphatic carbocycles. The van der Waals surface area contributed by atoms with E-state index in [2.05, 4.69) is 29.6 Å². The van der Waals surface area contributed by atoms with E-state index in [0.717, 1.165) is 26.1 Å². The first-order valence-electron chi connectivity index (χ1n) is 7.77. The largest absolute Gasteiger partial charge is 0.354 e. The molecule has 0 aromatic heterocycles. The second-order valence-corrected chi connectivity index (χ2v) is 6.52. The molecule has 0 radical (unpaired) electrons. The Kier molecular flexibility index (Phi) is 7.27. The Morgan fingerprint density at radius 2 is 2.00 bits per heavy atom. The molecule has 0 aromatic carbocycles. The number of likely N-dealkylation sites (N-methyl/N-ethyl adjacent to an activating group) is 1. The first-order valence-corrected chi connectivity index (χ1v) is 7.77. The Bertz CT molecular complexity index is 297. The lowest BCUT2D eigenvalue weighted by molar-refractivity contribution is -0.122. The zero-order valence-electron chi connectivity index (χ0n) is 12.9. The molecule has 1 saturated carbocycles. The maximum absolute atomic E-state index is 12.0. The molecule has 5 heteroatoms. The van der Waals surface area contributed by atoms with E-state index in [1.54, 1.807) is 0 Å². The molecule has 0 aromatic rings. The lowest BCUT2D eigenvalue weighted by Crippen LogP contribution is -2.53. The predicted octanol–water partition coefficient (Wildman–Crippen LogP) is 1.79. The number of carbonyl (C=O) groups is 1. The van der Waals surface area contributed by atoms with Crippen LogP contribution in [0.3, 0.4) is 0 Å². The third kappa shape index (κ3) is 4.61. The van der Waals surface area contributed by atoms with Gasteiger partial charge in [-0.3, -0.25) is 4.79 Å². The minimum absolute atomic E-state index is 0. The van der Waals surface area contributed by atoms with E-state index in [0.29, 0.717) is 12.3 Å². The molecule has 4 nitrogen and oxygen atoms in total. The molecule has 1 saturated heterocycles. The average Bonchev–Trinajstić information content (AvgIpc) is 2.90. The minimum Gasteiger partial charge on any atom is -0.354 e. The summed E-state index contributed by atoms with van der Waals surface area (Å²) < 4.78 is 0. The molecule has 1 atom stereocenters. The molecule has 2 aliphatic rings. The van der Waals surface area contributed by atoms with Gasteiger partial charge in [0.25, 0.3) is 0 Å². The number of carbonyl (C=O) groups excluding carboxylic acids is 1. The number of nitrogens with one attached hydrogen (secondary N) is 2. The summed E-state index contributed by atoms with van der Waals surface area (Å²) in [4.78, 5) is 14.4. The molecule has 1 unspecified atom stereocenters. The lowest BCUT2D eigenvalue weighted by Gasteiger charge is -2.43. The fourth-order valence-corrected chi connectivity index (χ4v) is 3.48. The molecule has 2 rings (SSSR count). The van der Waals surface area contributed by atoms with Crippen molar-refractivity contribution in [3.05, 3.63) is 0 Å². The van der Waals surface area contributed by atoms with Crippen LogP contribution in [-0.4, -0.2) is 50.1 Å². The quantitative estimate of drug-likeness (QED) is 0.814.